The van der Waals surface area contributed by atoms with Gasteiger partial charge in [-0.1, -0.05) is 19.1 Å². The van der Waals surface area contributed by atoms with Crippen LogP contribution in [-0.2, 0) is 14.3 Å². The van der Waals surface area contributed by atoms with Crippen LogP contribution in [-0.4, -0.2) is 29.9 Å². The SMILES string of the molecule is CCC(=O)Oc1ccc(/C=C2\N=C(c3cccc([N+](=O)[O-])c3C)OC2=O)cc1OC. The zero-order valence-corrected chi connectivity index (χ0v) is 16.5. The Labute approximate surface area is 171 Å². The second-order valence-corrected chi connectivity index (χ2v) is 6.28. The van der Waals surface area contributed by atoms with Crippen molar-refractivity contribution in [2.24, 2.45) is 4.99 Å². The summed E-state index contributed by atoms with van der Waals surface area (Å²) in [4.78, 5) is 38.6. The molecule has 0 saturated heterocycles. The molecule has 0 amide bonds. The summed E-state index contributed by atoms with van der Waals surface area (Å²) >= 11 is 0. The lowest BCUT2D eigenvalue weighted by Crippen LogP contribution is -2.08. The Morgan fingerprint density at radius 1 is 1.27 bits per heavy atom. The van der Waals surface area contributed by atoms with E-state index < -0.39 is 16.9 Å². The van der Waals surface area contributed by atoms with Crippen LogP contribution in [0.1, 0.15) is 30.0 Å². The molecular weight excluding hydrogens is 392 g/mol. The molecule has 9 nitrogen and oxygen atoms in total. The van der Waals surface area contributed by atoms with Gasteiger partial charge in [0, 0.05) is 23.6 Å². The Hall–Kier alpha value is -4.01. The van der Waals surface area contributed by atoms with Gasteiger partial charge in [0.05, 0.1) is 12.0 Å². The first kappa shape index (κ1) is 20.7. The first-order valence-electron chi connectivity index (χ1n) is 8.99. The number of hydrogen-bond acceptors (Lipinski definition) is 8. The van der Waals surface area contributed by atoms with Crippen molar-refractivity contribution in [2.45, 2.75) is 20.3 Å². The van der Waals surface area contributed by atoms with Gasteiger partial charge in [-0.05, 0) is 36.8 Å². The third-order valence-corrected chi connectivity index (χ3v) is 4.36. The van der Waals surface area contributed by atoms with E-state index in [9.17, 15) is 19.7 Å². The molecule has 0 fully saturated rings. The molecule has 9 heteroatoms. The van der Waals surface area contributed by atoms with Crippen molar-refractivity contribution in [1.29, 1.82) is 0 Å². The van der Waals surface area contributed by atoms with Crippen LogP contribution in [0.15, 0.2) is 47.1 Å². The average Bonchev–Trinajstić information content (AvgIpc) is 3.08. The average molecular weight is 410 g/mol. The molecular formula is C21H18N2O7. The van der Waals surface area contributed by atoms with Crippen molar-refractivity contribution < 1.29 is 28.7 Å². The largest absolute Gasteiger partial charge is 0.493 e. The summed E-state index contributed by atoms with van der Waals surface area (Å²) < 4.78 is 15.6. The fourth-order valence-electron chi connectivity index (χ4n) is 2.79. The maximum Gasteiger partial charge on any atom is 0.363 e. The summed E-state index contributed by atoms with van der Waals surface area (Å²) in [6, 6.07) is 9.23. The van der Waals surface area contributed by atoms with Gasteiger partial charge in [0.25, 0.3) is 5.69 Å². The molecule has 1 heterocycles. The second kappa shape index (κ2) is 8.56. The number of carbonyl (C=O) groups is 2. The van der Waals surface area contributed by atoms with E-state index in [-0.39, 0.29) is 29.5 Å². The van der Waals surface area contributed by atoms with Gasteiger partial charge < -0.3 is 14.2 Å². The van der Waals surface area contributed by atoms with Gasteiger partial charge in [-0.25, -0.2) is 9.79 Å². The number of nitro benzene ring substituents is 1. The highest BCUT2D eigenvalue weighted by atomic mass is 16.6. The Kier molecular flexibility index (Phi) is 5.91. The van der Waals surface area contributed by atoms with Crippen LogP contribution in [0, 0.1) is 17.0 Å². The number of methoxy groups -OCH3 is 1. The molecule has 3 rings (SSSR count). The van der Waals surface area contributed by atoms with E-state index in [0.29, 0.717) is 22.4 Å². The maximum absolute atomic E-state index is 12.3. The summed E-state index contributed by atoms with van der Waals surface area (Å²) in [6.45, 7) is 3.24. The zero-order valence-electron chi connectivity index (χ0n) is 16.5. The second-order valence-electron chi connectivity index (χ2n) is 6.28. The molecule has 0 aromatic heterocycles. The summed E-state index contributed by atoms with van der Waals surface area (Å²) in [5.41, 5.74) is 1.21. The molecule has 0 N–H and O–H groups in total. The van der Waals surface area contributed by atoms with Gasteiger partial charge in [-0.15, -0.1) is 0 Å². The predicted octanol–water partition coefficient (Wildman–Crippen LogP) is 3.57. The van der Waals surface area contributed by atoms with Gasteiger partial charge in [0.15, 0.2) is 17.2 Å². The number of nitrogens with zero attached hydrogens (tertiary/aromatic N) is 2. The molecule has 2 aromatic rings. The molecule has 2 aromatic carbocycles. The van der Waals surface area contributed by atoms with Gasteiger partial charge in [-0.2, -0.15) is 0 Å². The Morgan fingerprint density at radius 3 is 2.70 bits per heavy atom. The highest BCUT2D eigenvalue weighted by Crippen LogP contribution is 2.31. The fourth-order valence-corrected chi connectivity index (χ4v) is 2.79. The summed E-state index contributed by atoms with van der Waals surface area (Å²) in [5.74, 6) is -0.516. The van der Waals surface area contributed by atoms with Gasteiger partial charge in [0.1, 0.15) is 0 Å². The maximum atomic E-state index is 12.3. The highest BCUT2D eigenvalue weighted by molar-refractivity contribution is 6.13. The van der Waals surface area contributed by atoms with Crippen molar-refractivity contribution in [3.8, 4) is 11.5 Å². The van der Waals surface area contributed by atoms with Crippen LogP contribution in [0.5, 0.6) is 11.5 Å². The third kappa shape index (κ3) is 4.19. The van der Waals surface area contributed by atoms with E-state index in [0.717, 1.165) is 0 Å². The zero-order chi connectivity index (χ0) is 21.8. The van der Waals surface area contributed by atoms with Crippen molar-refractivity contribution >= 4 is 29.6 Å². The molecule has 0 spiro atoms. The quantitative estimate of drug-likeness (QED) is 0.235. The lowest BCUT2D eigenvalue weighted by Gasteiger charge is -2.09. The van der Waals surface area contributed by atoms with E-state index in [2.05, 4.69) is 4.99 Å². The van der Waals surface area contributed by atoms with E-state index in [1.807, 2.05) is 0 Å². The fraction of sp³-hybridized carbons (Fsp3) is 0.190. The first-order chi connectivity index (χ1) is 14.3. The predicted molar refractivity (Wildman–Crippen MR) is 107 cm³/mol. The molecule has 0 saturated carbocycles. The monoisotopic (exact) mass is 410 g/mol. The number of nitro groups is 1. The van der Waals surface area contributed by atoms with Gasteiger partial charge in [-0.3, -0.25) is 14.9 Å². The van der Waals surface area contributed by atoms with Crippen molar-refractivity contribution in [1.82, 2.24) is 0 Å². The lowest BCUT2D eigenvalue weighted by atomic mass is 10.1. The number of benzene rings is 2. The minimum atomic E-state index is -0.684. The number of esters is 2. The first-order valence-corrected chi connectivity index (χ1v) is 8.99. The van der Waals surface area contributed by atoms with E-state index in [1.54, 1.807) is 38.1 Å². The highest BCUT2D eigenvalue weighted by Gasteiger charge is 2.27. The number of hydrogen-bond donors (Lipinski definition) is 0. The Balaban J connectivity index is 1.94. The Morgan fingerprint density at radius 2 is 2.03 bits per heavy atom. The number of aliphatic imine (C=N–C) groups is 1. The normalized spacial score (nSPS) is 14.3. The van der Waals surface area contributed by atoms with Gasteiger partial charge >= 0.3 is 11.9 Å². The number of ether oxygens (including phenoxy) is 3. The summed E-state index contributed by atoms with van der Waals surface area (Å²) in [5, 5.41) is 11.1. The molecule has 0 radical (unpaired) electrons. The number of rotatable bonds is 6. The molecule has 0 atom stereocenters. The van der Waals surface area contributed by atoms with E-state index >= 15 is 0 Å². The van der Waals surface area contributed by atoms with Crippen molar-refractivity contribution in [2.75, 3.05) is 7.11 Å². The number of carbonyl (C=O) groups excluding carboxylic acids is 2. The Bertz CT molecular complexity index is 1100. The molecule has 1 aliphatic rings. The smallest absolute Gasteiger partial charge is 0.363 e. The van der Waals surface area contributed by atoms with Gasteiger partial charge in [0.2, 0.25) is 5.90 Å². The van der Waals surface area contributed by atoms with Crippen LogP contribution in [0.3, 0.4) is 0 Å². The van der Waals surface area contributed by atoms with Crippen LogP contribution >= 0.6 is 0 Å². The molecule has 154 valence electrons. The minimum absolute atomic E-state index is 0.00656. The van der Waals surface area contributed by atoms with Crippen LogP contribution < -0.4 is 9.47 Å². The van der Waals surface area contributed by atoms with Crippen molar-refractivity contribution in [3.63, 3.8) is 0 Å². The molecule has 30 heavy (non-hydrogen) atoms. The van der Waals surface area contributed by atoms with E-state index in [4.69, 9.17) is 14.2 Å². The molecule has 0 unspecified atom stereocenters. The minimum Gasteiger partial charge on any atom is -0.493 e. The van der Waals surface area contributed by atoms with Crippen LogP contribution in [0.2, 0.25) is 0 Å². The van der Waals surface area contributed by atoms with Crippen LogP contribution in [0.25, 0.3) is 6.08 Å². The van der Waals surface area contributed by atoms with Crippen LogP contribution in [0.4, 0.5) is 5.69 Å². The summed E-state index contributed by atoms with van der Waals surface area (Å²) in [7, 11) is 1.43. The standard InChI is InChI=1S/C21H18N2O7/c1-4-19(24)29-17-9-8-13(11-18(17)28-3)10-15-21(25)30-20(22-15)14-6-5-7-16(12(14)2)23(26)27/h5-11H,4H2,1-3H3/b15-10-. The lowest BCUT2D eigenvalue weighted by molar-refractivity contribution is -0.385. The third-order valence-electron chi connectivity index (χ3n) is 4.36. The van der Waals surface area contributed by atoms with Crippen molar-refractivity contribution in [3.05, 3.63) is 68.9 Å². The molecule has 0 bridgehead atoms. The van der Waals surface area contributed by atoms with E-state index in [1.165, 1.54) is 25.3 Å². The topological polar surface area (TPSA) is 117 Å². The number of cyclic esters (lactones) is 1. The molecule has 0 aliphatic carbocycles. The summed E-state index contributed by atoms with van der Waals surface area (Å²) in [6.07, 6.45) is 1.70. The molecule has 1 aliphatic heterocycles.